The van der Waals surface area contributed by atoms with Crippen LogP contribution in [0.4, 0.5) is 11.6 Å². The first-order valence-corrected chi connectivity index (χ1v) is 9.40. The largest absolute Gasteiger partial charge is 0.378 e. The van der Waals surface area contributed by atoms with Crippen molar-refractivity contribution in [3.63, 3.8) is 0 Å². The van der Waals surface area contributed by atoms with Crippen LogP contribution in [-0.2, 0) is 4.74 Å². The lowest BCUT2D eigenvalue weighted by Gasteiger charge is -2.28. The molecule has 0 spiro atoms. The SMILES string of the molecule is c1cc(N2CCOCC2)ccc1-c1cnc(NC2CCCCC2)nc1. The van der Waals surface area contributed by atoms with Gasteiger partial charge in [-0.2, -0.15) is 0 Å². The average molecular weight is 338 g/mol. The molecule has 2 aliphatic rings. The smallest absolute Gasteiger partial charge is 0.222 e. The Morgan fingerprint density at radius 2 is 1.56 bits per heavy atom. The van der Waals surface area contributed by atoms with Gasteiger partial charge in [0.15, 0.2) is 0 Å². The lowest BCUT2D eigenvalue weighted by Crippen LogP contribution is -2.36. The Hall–Kier alpha value is -2.14. The fourth-order valence-corrected chi connectivity index (χ4v) is 3.67. The summed E-state index contributed by atoms with van der Waals surface area (Å²) in [4.78, 5) is 11.4. The van der Waals surface area contributed by atoms with E-state index in [2.05, 4.69) is 44.5 Å². The van der Waals surface area contributed by atoms with E-state index >= 15 is 0 Å². The lowest BCUT2D eigenvalue weighted by atomic mass is 9.96. The Kier molecular flexibility index (Phi) is 5.11. The molecule has 132 valence electrons. The van der Waals surface area contributed by atoms with Crippen molar-refractivity contribution in [3.8, 4) is 11.1 Å². The van der Waals surface area contributed by atoms with Crippen molar-refractivity contribution in [2.75, 3.05) is 36.5 Å². The van der Waals surface area contributed by atoms with E-state index in [1.54, 1.807) is 0 Å². The van der Waals surface area contributed by atoms with Gasteiger partial charge in [-0.15, -0.1) is 0 Å². The third-order valence-corrected chi connectivity index (χ3v) is 5.17. The third kappa shape index (κ3) is 4.10. The summed E-state index contributed by atoms with van der Waals surface area (Å²) in [6.45, 7) is 3.55. The molecule has 4 rings (SSSR count). The van der Waals surface area contributed by atoms with Crippen molar-refractivity contribution in [2.45, 2.75) is 38.1 Å². The maximum atomic E-state index is 5.42. The molecule has 1 aromatic heterocycles. The van der Waals surface area contributed by atoms with Crippen LogP contribution in [-0.4, -0.2) is 42.3 Å². The maximum absolute atomic E-state index is 5.42. The fraction of sp³-hybridized carbons (Fsp3) is 0.500. The van der Waals surface area contributed by atoms with Gasteiger partial charge in [-0.3, -0.25) is 0 Å². The van der Waals surface area contributed by atoms with E-state index in [0.717, 1.165) is 43.4 Å². The van der Waals surface area contributed by atoms with Crippen molar-refractivity contribution in [1.82, 2.24) is 9.97 Å². The highest BCUT2D eigenvalue weighted by Gasteiger charge is 2.14. The minimum absolute atomic E-state index is 0.535. The number of aromatic nitrogens is 2. The van der Waals surface area contributed by atoms with E-state index in [1.165, 1.54) is 37.8 Å². The molecule has 1 aliphatic carbocycles. The summed E-state index contributed by atoms with van der Waals surface area (Å²) in [5, 5.41) is 3.47. The minimum atomic E-state index is 0.535. The Morgan fingerprint density at radius 3 is 2.24 bits per heavy atom. The second-order valence-corrected chi connectivity index (χ2v) is 6.92. The number of rotatable bonds is 4. The van der Waals surface area contributed by atoms with Crippen LogP contribution in [0.15, 0.2) is 36.7 Å². The van der Waals surface area contributed by atoms with Gasteiger partial charge in [-0.25, -0.2) is 9.97 Å². The highest BCUT2D eigenvalue weighted by Crippen LogP contribution is 2.24. The van der Waals surface area contributed by atoms with Gasteiger partial charge in [0, 0.05) is 42.8 Å². The number of nitrogens with one attached hydrogen (secondary N) is 1. The van der Waals surface area contributed by atoms with Gasteiger partial charge in [0.05, 0.1) is 13.2 Å². The van der Waals surface area contributed by atoms with Gasteiger partial charge < -0.3 is 15.0 Å². The zero-order valence-electron chi connectivity index (χ0n) is 14.7. The zero-order valence-corrected chi connectivity index (χ0v) is 14.7. The molecule has 1 N–H and O–H groups in total. The Balaban J connectivity index is 1.40. The molecule has 1 aromatic carbocycles. The van der Waals surface area contributed by atoms with E-state index < -0.39 is 0 Å². The maximum Gasteiger partial charge on any atom is 0.222 e. The van der Waals surface area contributed by atoms with Crippen molar-refractivity contribution in [3.05, 3.63) is 36.7 Å². The van der Waals surface area contributed by atoms with E-state index in [1.807, 2.05) is 12.4 Å². The lowest BCUT2D eigenvalue weighted by molar-refractivity contribution is 0.122. The first kappa shape index (κ1) is 16.3. The number of benzene rings is 1. The summed E-state index contributed by atoms with van der Waals surface area (Å²) in [7, 11) is 0. The normalized spacial score (nSPS) is 19.0. The molecular formula is C20H26N4O. The second-order valence-electron chi connectivity index (χ2n) is 6.92. The molecule has 1 saturated carbocycles. The standard InChI is InChI=1S/C20H26N4O/c1-2-4-18(5-3-1)23-20-21-14-17(15-22-20)16-6-8-19(9-7-16)24-10-12-25-13-11-24/h6-9,14-15,18H,1-5,10-13H2,(H,21,22,23). The molecule has 2 aromatic rings. The van der Waals surface area contributed by atoms with Crippen molar-refractivity contribution in [2.24, 2.45) is 0 Å². The van der Waals surface area contributed by atoms with Gasteiger partial charge >= 0.3 is 0 Å². The molecule has 0 bridgehead atoms. The quantitative estimate of drug-likeness (QED) is 0.921. The highest BCUT2D eigenvalue weighted by molar-refractivity contribution is 5.65. The van der Waals surface area contributed by atoms with Crippen LogP contribution >= 0.6 is 0 Å². The Morgan fingerprint density at radius 1 is 0.880 bits per heavy atom. The van der Waals surface area contributed by atoms with Gasteiger partial charge in [0.1, 0.15) is 0 Å². The molecule has 0 unspecified atom stereocenters. The summed E-state index contributed by atoms with van der Waals surface area (Å²) in [5.74, 6) is 0.751. The van der Waals surface area contributed by atoms with E-state index in [9.17, 15) is 0 Å². The molecule has 1 aliphatic heterocycles. The Bertz CT molecular complexity index is 659. The van der Waals surface area contributed by atoms with Crippen molar-refractivity contribution < 1.29 is 4.74 Å². The number of ether oxygens (including phenoxy) is 1. The minimum Gasteiger partial charge on any atom is -0.378 e. The molecule has 5 nitrogen and oxygen atoms in total. The predicted molar refractivity (Wildman–Crippen MR) is 101 cm³/mol. The van der Waals surface area contributed by atoms with E-state index in [4.69, 9.17) is 4.74 Å². The zero-order chi connectivity index (χ0) is 16.9. The summed E-state index contributed by atoms with van der Waals surface area (Å²) >= 11 is 0. The molecule has 2 fully saturated rings. The summed E-state index contributed by atoms with van der Waals surface area (Å²) < 4.78 is 5.42. The first-order chi connectivity index (χ1) is 12.4. The monoisotopic (exact) mass is 338 g/mol. The molecule has 25 heavy (non-hydrogen) atoms. The first-order valence-electron chi connectivity index (χ1n) is 9.40. The van der Waals surface area contributed by atoms with Crippen LogP contribution in [0, 0.1) is 0 Å². The summed E-state index contributed by atoms with van der Waals surface area (Å²) in [6.07, 6.45) is 10.3. The average Bonchev–Trinajstić information content (AvgIpc) is 2.70. The van der Waals surface area contributed by atoms with Gasteiger partial charge in [0.25, 0.3) is 0 Å². The number of hydrogen-bond acceptors (Lipinski definition) is 5. The van der Waals surface area contributed by atoms with Gasteiger partial charge in [-0.1, -0.05) is 31.4 Å². The van der Waals surface area contributed by atoms with Crippen LogP contribution < -0.4 is 10.2 Å². The molecule has 1 saturated heterocycles. The topological polar surface area (TPSA) is 50.3 Å². The van der Waals surface area contributed by atoms with Gasteiger partial charge in [-0.05, 0) is 30.5 Å². The molecule has 0 atom stereocenters. The van der Waals surface area contributed by atoms with Crippen LogP contribution in [0.1, 0.15) is 32.1 Å². The molecule has 0 radical (unpaired) electrons. The summed E-state index contributed by atoms with van der Waals surface area (Å²) in [5.41, 5.74) is 3.47. The fourth-order valence-electron chi connectivity index (χ4n) is 3.67. The molecule has 5 heteroatoms. The number of morpholine rings is 1. The van der Waals surface area contributed by atoms with E-state index in [0.29, 0.717) is 6.04 Å². The predicted octanol–water partition coefficient (Wildman–Crippen LogP) is 3.72. The number of nitrogens with zero attached hydrogens (tertiary/aromatic N) is 3. The van der Waals surface area contributed by atoms with E-state index in [-0.39, 0.29) is 0 Å². The summed E-state index contributed by atoms with van der Waals surface area (Å²) in [6, 6.07) is 9.19. The number of anilines is 2. The molecule has 2 heterocycles. The van der Waals surface area contributed by atoms with Crippen LogP contribution in [0.5, 0.6) is 0 Å². The molecule has 0 amide bonds. The van der Waals surface area contributed by atoms with Crippen molar-refractivity contribution >= 4 is 11.6 Å². The third-order valence-electron chi connectivity index (χ3n) is 5.17. The number of hydrogen-bond donors (Lipinski definition) is 1. The molecular weight excluding hydrogens is 312 g/mol. The Labute approximate surface area is 149 Å². The van der Waals surface area contributed by atoms with Crippen LogP contribution in [0.2, 0.25) is 0 Å². The van der Waals surface area contributed by atoms with Crippen molar-refractivity contribution in [1.29, 1.82) is 0 Å². The second kappa shape index (κ2) is 7.83. The van der Waals surface area contributed by atoms with Crippen LogP contribution in [0.25, 0.3) is 11.1 Å². The highest BCUT2D eigenvalue weighted by atomic mass is 16.5. The van der Waals surface area contributed by atoms with Gasteiger partial charge in [0.2, 0.25) is 5.95 Å². The van der Waals surface area contributed by atoms with Crippen LogP contribution in [0.3, 0.4) is 0 Å².